The Balaban J connectivity index is 1.34. The number of rotatable bonds is 4. The number of nitrogens with zero attached hydrogens (tertiary/aromatic N) is 4. The van der Waals surface area contributed by atoms with Crippen molar-refractivity contribution >= 4 is 34.3 Å². The average Bonchev–Trinajstić information content (AvgIpc) is 2.79. The molecule has 0 atom stereocenters. The maximum Gasteiger partial charge on any atom is 0.261 e. The van der Waals surface area contributed by atoms with Crippen molar-refractivity contribution in [2.45, 2.75) is 19.9 Å². The van der Waals surface area contributed by atoms with Gasteiger partial charge in [-0.3, -0.25) is 19.0 Å². The average molecular weight is 439 g/mol. The lowest BCUT2D eigenvalue weighted by atomic mass is 10.1. The molecule has 0 saturated carbocycles. The third-order valence-electron chi connectivity index (χ3n) is 5.63. The molecule has 2 aromatic carbocycles. The van der Waals surface area contributed by atoms with Gasteiger partial charge in [-0.25, -0.2) is 4.98 Å². The van der Waals surface area contributed by atoms with Crippen LogP contribution in [-0.2, 0) is 11.3 Å². The van der Waals surface area contributed by atoms with Crippen LogP contribution in [-0.4, -0.2) is 57.3 Å². The van der Waals surface area contributed by atoms with E-state index in [1.807, 2.05) is 19.1 Å². The number of piperazine rings is 1. The van der Waals surface area contributed by atoms with Crippen LogP contribution in [0.5, 0.6) is 0 Å². The molecule has 0 unspecified atom stereocenters. The molecule has 7 nitrogen and oxygen atoms in total. The van der Waals surface area contributed by atoms with Crippen molar-refractivity contribution in [3.05, 3.63) is 75.3 Å². The van der Waals surface area contributed by atoms with E-state index in [0.717, 1.165) is 5.56 Å². The number of aromatic nitrogens is 2. The number of benzene rings is 2. The first-order valence-electron chi connectivity index (χ1n) is 10.2. The summed E-state index contributed by atoms with van der Waals surface area (Å²) in [6.45, 7) is 4.09. The lowest BCUT2D eigenvalue weighted by Gasteiger charge is -2.35. The summed E-state index contributed by atoms with van der Waals surface area (Å²) < 4.78 is 1.49. The Morgan fingerprint density at radius 1 is 1.00 bits per heavy atom. The molecule has 3 aromatic rings. The van der Waals surface area contributed by atoms with E-state index in [9.17, 15) is 14.4 Å². The smallest absolute Gasteiger partial charge is 0.261 e. The number of hydrogen-bond donors (Lipinski definition) is 0. The summed E-state index contributed by atoms with van der Waals surface area (Å²) in [5, 5.41) is 1.15. The molecule has 1 fully saturated rings. The molecule has 1 aromatic heterocycles. The third kappa shape index (κ3) is 4.46. The first-order valence-corrected chi connectivity index (χ1v) is 10.6. The van der Waals surface area contributed by atoms with Crippen LogP contribution in [0.4, 0.5) is 0 Å². The monoisotopic (exact) mass is 438 g/mol. The second-order valence-electron chi connectivity index (χ2n) is 7.64. The van der Waals surface area contributed by atoms with Crippen LogP contribution in [0.25, 0.3) is 10.9 Å². The van der Waals surface area contributed by atoms with Gasteiger partial charge in [0.25, 0.3) is 11.5 Å². The Kier molecular flexibility index (Phi) is 6.04. The van der Waals surface area contributed by atoms with Crippen LogP contribution in [0.2, 0.25) is 5.02 Å². The highest BCUT2D eigenvalue weighted by molar-refractivity contribution is 6.30. The number of carbonyl (C=O) groups excluding carboxylic acids is 2. The van der Waals surface area contributed by atoms with Gasteiger partial charge in [-0.1, -0.05) is 23.7 Å². The number of halogens is 1. The van der Waals surface area contributed by atoms with Crippen molar-refractivity contribution in [2.24, 2.45) is 0 Å². The van der Waals surface area contributed by atoms with Crippen molar-refractivity contribution in [1.29, 1.82) is 0 Å². The van der Waals surface area contributed by atoms with Gasteiger partial charge in [0.15, 0.2) is 0 Å². The Morgan fingerprint density at radius 3 is 2.39 bits per heavy atom. The van der Waals surface area contributed by atoms with E-state index in [2.05, 4.69) is 4.98 Å². The van der Waals surface area contributed by atoms with Crippen LogP contribution in [0, 0.1) is 6.92 Å². The highest BCUT2D eigenvalue weighted by atomic mass is 35.5. The van der Waals surface area contributed by atoms with Crippen molar-refractivity contribution < 1.29 is 9.59 Å². The second-order valence-corrected chi connectivity index (χ2v) is 8.08. The number of amides is 2. The first-order chi connectivity index (χ1) is 14.9. The van der Waals surface area contributed by atoms with Crippen LogP contribution in [0.3, 0.4) is 0 Å². The molecule has 0 spiro atoms. The second kappa shape index (κ2) is 8.89. The number of para-hydroxylation sites is 1. The topological polar surface area (TPSA) is 75.5 Å². The molecular weight excluding hydrogens is 416 g/mol. The zero-order valence-electron chi connectivity index (χ0n) is 17.3. The molecule has 160 valence electrons. The molecule has 1 aliphatic heterocycles. The van der Waals surface area contributed by atoms with E-state index < -0.39 is 0 Å². The summed E-state index contributed by atoms with van der Waals surface area (Å²) in [4.78, 5) is 45.8. The predicted molar refractivity (Wildman–Crippen MR) is 119 cm³/mol. The fraction of sp³-hybridized carbons (Fsp3) is 0.304. The fourth-order valence-electron chi connectivity index (χ4n) is 3.80. The molecule has 2 heterocycles. The van der Waals surface area contributed by atoms with Crippen LogP contribution >= 0.6 is 11.6 Å². The summed E-state index contributed by atoms with van der Waals surface area (Å²) >= 11 is 5.88. The molecule has 0 radical (unpaired) electrons. The molecule has 2 amide bonds. The lowest BCUT2D eigenvalue weighted by molar-refractivity contribution is -0.132. The van der Waals surface area contributed by atoms with E-state index in [1.54, 1.807) is 40.1 Å². The van der Waals surface area contributed by atoms with Crippen molar-refractivity contribution in [3.8, 4) is 0 Å². The zero-order chi connectivity index (χ0) is 22.0. The predicted octanol–water partition coefficient (Wildman–Crippen LogP) is 2.73. The van der Waals surface area contributed by atoms with Crippen LogP contribution in [0.15, 0.2) is 53.6 Å². The number of aryl methyl sites for hydroxylation is 2. The Labute approximate surface area is 184 Å². The van der Waals surface area contributed by atoms with E-state index in [1.165, 1.54) is 10.9 Å². The largest absolute Gasteiger partial charge is 0.339 e. The van der Waals surface area contributed by atoms with Crippen molar-refractivity contribution in [2.75, 3.05) is 26.2 Å². The van der Waals surface area contributed by atoms with Gasteiger partial charge in [0.1, 0.15) is 0 Å². The molecule has 4 rings (SSSR count). The summed E-state index contributed by atoms with van der Waals surface area (Å²) in [5.41, 5.74) is 2.09. The van der Waals surface area contributed by atoms with E-state index >= 15 is 0 Å². The highest BCUT2D eigenvalue weighted by Crippen LogP contribution is 2.14. The van der Waals surface area contributed by atoms with Gasteiger partial charge in [-0.15, -0.1) is 0 Å². The number of fused-ring (bicyclic) bond motifs is 1. The van der Waals surface area contributed by atoms with Gasteiger partial charge < -0.3 is 9.80 Å². The minimum atomic E-state index is -0.139. The van der Waals surface area contributed by atoms with Gasteiger partial charge in [0, 0.05) is 49.7 Å². The summed E-state index contributed by atoms with van der Waals surface area (Å²) in [5.74, 6) is -0.0947. The zero-order valence-corrected chi connectivity index (χ0v) is 18.0. The quantitative estimate of drug-likeness (QED) is 0.627. The molecule has 1 saturated heterocycles. The Hall–Kier alpha value is -3.19. The molecule has 8 heteroatoms. The first kappa shape index (κ1) is 21.1. The van der Waals surface area contributed by atoms with Gasteiger partial charge in [-0.05, 0) is 42.8 Å². The Morgan fingerprint density at radius 2 is 1.68 bits per heavy atom. The van der Waals surface area contributed by atoms with Gasteiger partial charge >= 0.3 is 0 Å². The van der Waals surface area contributed by atoms with Crippen LogP contribution in [0.1, 0.15) is 22.3 Å². The molecule has 31 heavy (non-hydrogen) atoms. The molecular formula is C23H23ClN4O3. The minimum absolute atomic E-state index is 0.0326. The minimum Gasteiger partial charge on any atom is -0.339 e. The fourth-order valence-corrected chi connectivity index (χ4v) is 3.93. The van der Waals surface area contributed by atoms with E-state index in [-0.39, 0.29) is 30.3 Å². The third-order valence-corrected chi connectivity index (χ3v) is 5.88. The molecule has 0 N–H and O–H groups in total. The standard InChI is InChI=1S/C23H23ClN4O3/c1-16-3-2-4-19-21(16)25-15-28(23(19)31)10-9-20(29)26-11-13-27(14-12-26)22(30)17-5-7-18(24)8-6-17/h2-8,15H,9-14H2,1H3. The highest BCUT2D eigenvalue weighted by Gasteiger charge is 2.24. The van der Waals surface area contributed by atoms with Crippen molar-refractivity contribution in [3.63, 3.8) is 0 Å². The van der Waals surface area contributed by atoms with Gasteiger partial charge in [0.05, 0.1) is 17.2 Å². The summed E-state index contributed by atoms with van der Waals surface area (Å²) in [6.07, 6.45) is 1.72. The van der Waals surface area contributed by atoms with Crippen LogP contribution < -0.4 is 5.56 Å². The summed E-state index contributed by atoms with van der Waals surface area (Å²) in [7, 11) is 0. The summed E-state index contributed by atoms with van der Waals surface area (Å²) in [6, 6.07) is 12.3. The number of carbonyl (C=O) groups is 2. The van der Waals surface area contributed by atoms with E-state index in [4.69, 9.17) is 11.6 Å². The van der Waals surface area contributed by atoms with E-state index in [0.29, 0.717) is 47.7 Å². The van der Waals surface area contributed by atoms with Gasteiger partial charge in [0.2, 0.25) is 5.91 Å². The maximum absolute atomic E-state index is 12.7. The SMILES string of the molecule is Cc1cccc2c(=O)n(CCC(=O)N3CCN(C(=O)c4ccc(Cl)cc4)CC3)cnc12. The normalized spacial score (nSPS) is 14.1. The maximum atomic E-state index is 12.7. The molecule has 0 bridgehead atoms. The Bertz CT molecular complexity index is 1180. The van der Waals surface area contributed by atoms with Crippen molar-refractivity contribution in [1.82, 2.24) is 19.4 Å². The number of hydrogen-bond acceptors (Lipinski definition) is 4. The molecule has 1 aliphatic rings. The lowest BCUT2D eigenvalue weighted by Crippen LogP contribution is -2.50. The van der Waals surface area contributed by atoms with Gasteiger partial charge in [-0.2, -0.15) is 0 Å². The molecule has 0 aliphatic carbocycles.